The number of benzene rings is 2. The third kappa shape index (κ3) is 4.49. The number of anilines is 1. The molecule has 0 spiro atoms. The highest BCUT2D eigenvalue weighted by Gasteiger charge is 2.23. The summed E-state index contributed by atoms with van der Waals surface area (Å²) in [6.07, 6.45) is 2.40. The van der Waals surface area contributed by atoms with E-state index in [9.17, 15) is 13.2 Å². The van der Waals surface area contributed by atoms with E-state index in [0.29, 0.717) is 23.2 Å². The molecule has 1 aliphatic carbocycles. The highest BCUT2D eigenvalue weighted by Crippen LogP contribution is 2.20. The zero-order valence-corrected chi connectivity index (χ0v) is 14.4. The SMILES string of the molecule is O=C(Cc1ccc(NS(=O)(=O)c2ccc(Cl)cc2)cc1)NC1CC1. The van der Waals surface area contributed by atoms with Crippen molar-refractivity contribution in [2.24, 2.45) is 0 Å². The molecule has 0 bridgehead atoms. The van der Waals surface area contributed by atoms with E-state index in [4.69, 9.17) is 11.6 Å². The van der Waals surface area contributed by atoms with Gasteiger partial charge in [-0.25, -0.2) is 8.42 Å². The van der Waals surface area contributed by atoms with Crippen molar-refractivity contribution in [1.29, 1.82) is 0 Å². The molecule has 0 saturated heterocycles. The van der Waals surface area contributed by atoms with Crippen LogP contribution in [0, 0.1) is 0 Å². The number of nitrogens with one attached hydrogen (secondary N) is 2. The minimum atomic E-state index is -3.66. The second-order valence-corrected chi connectivity index (χ2v) is 7.89. The van der Waals surface area contributed by atoms with E-state index < -0.39 is 10.0 Å². The average molecular weight is 365 g/mol. The van der Waals surface area contributed by atoms with Gasteiger partial charge in [-0.05, 0) is 54.8 Å². The largest absolute Gasteiger partial charge is 0.353 e. The van der Waals surface area contributed by atoms with Crippen LogP contribution in [-0.2, 0) is 21.2 Å². The molecule has 126 valence electrons. The Balaban J connectivity index is 1.64. The quantitative estimate of drug-likeness (QED) is 0.827. The normalized spacial score (nSPS) is 14.2. The minimum absolute atomic E-state index is 0.00741. The molecule has 2 aromatic carbocycles. The smallest absolute Gasteiger partial charge is 0.261 e. The van der Waals surface area contributed by atoms with Crippen LogP contribution in [0.25, 0.3) is 0 Å². The molecule has 5 nitrogen and oxygen atoms in total. The lowest BCUT2D eigenvalue weighted by Gasteiger charge is -2.09. The van der Waals surface area contributed by atoms with E-state index in [0.717, 1.165) is 18.4 Å². The fourth-order valence-corrected chi connectivity index (χ4v) is 3.39. The lowest BCUT2D eigenvalue weighted by molar-refractivity contribution is -0.120. The summed E-state index contributed by atoms with van der Waals surface area (Å²) in [5, 5.41) is 3.39. The number of carbonyl (C=O) groups is 1. The fraction of sp³-hybridized carbons (Fsp3) is 0.235. The van der Waals surface area contributed by atoms with Crippen molar-refractivity contribution >= 4 is 33.2 Å². The highest BCUT2D eigenvalue weighted by molar-refractivity contribution is 7.92. The van der Waals surface area contributed by atoms with Crippen molar-refractivity contribution in [1.82, 2.24) is 5.32 Å². The van der Waals surface area contributed by atoms with Gasteiger partial charge in [-0.2, -0.15) is 0 Å². The molecule has 0 unspecified atom stereocenters. The first kappa shape index (κ1) is 16.8. The summed E-state index contributed by atoms with van der Waals surface area (Å²) in [6.45, 7) is 0. The van der Waals surface area contributed by atoms with E-state index in [-0.39, 0.29) is 10.8 Å². The molecule has 24 heavy (non-hydrogen) atoms. The van der Waals surface area contributed by atoms with Gasteiger partial charge in [0, 0.05) is 16.8 Å². The zero-order valence-electron chi connectivity index (χ0n) is 12.8. The monoisotopic (exact) mass is 364 g/mol. The van der Waals surface area contributed by atoms with Gasteiger partial charge in [0.05, 0.1) is 11.3 Å². The fourth-order valence-electron chi connectivity index (χ4n) is 2.21. The number of amides is 1. The van der Waals surface area contributed by atoms with E-state index in [1.54, 1.807) is 24.3 Å². The van der Waals surface area contributed by atoms with E-state index in [1.165, 1.54) is 24.3 Å². The second kappa shape index (κ2) is 6.83. The molecule has 0 heterocycles. The van der Waals surface area contributed by atoms with Gasteiger partial charge < -0.3 is 5.32 Å². The predicted octanol–water partition coefficient (Wildman–Crippen LogP) is 2.96. The third-order valence-electron chi connectivity index (χ3n) is 3.64. The Kier molecular flexibility index (Phi) is 4.78. The summed E-state index contributed by atoms with van der Waals surface area (Å²) in [4.78, 5) is 11.9. The molecule has 1 amide bonds. The topological polar surface area (TPSA) is 75.3 Å². The molecule has 0 radical (unpaired) electrons. The third-order valence-corrected chi connectivity index (χ3v) is 5.29. The first-order valence-corrected chi connectivity index (χ1v) is 9.45. The number of hydrogen-bond acceptors (Lipinski definition) is 3. The molecule has 1 fully saturated rings. The molecule has 3 rings (SSSR count). The van der Waals surface area contributed by atoms with Crippen molar-refractivity contribution in [3.63, 3.8) is 0 Å². The number of sulfonamides is 1. The summed E-state index contributed by atoms with van der Waals surface area (Å²) in [6, 6.07) is 13.1. The summed E-state index contributed by atoms with van der Waals surface area (Å²) in [7, 11) is -3.66. The van der Waals surface area contributed by atoms with Crippen molar-refractivity contribution in [2.75, 3.05) is 4.72 Å². The van der Waals surface area contributed by atoms with E-state index >= 15 is 0 Å². The molecule has 1 aliphatic rings. The van der Waals surface area contributed by atoms with Crippen LogP contribution in [0.1, 0.15) is 18.4 Å². The molecule has 7 heteroatoms. The first-order valence-electron chi connectivity index (χ1n) is 7.59. The lowest BCUT2D eigenvalue weighted by Crippen LogP contribution is -2.26. The van der Waals surface area contributed by atoms with Crippen molar-refractivity contribution in [2.45, 2.75) is 30.2 Å². The van der Waals surface area contributed by atoms with Gasteiger partial charge in [0.2, 0.25) is 5.91 Å². The van der Waals surface area contributed by atoms with Gasteiger partial charge in [0.1, 0.15) is 0 Å². The molecule has 0 atom stereocenters. The minimum Gasteiger partial charge on any atom is -0.353 e. The van der Waals surface area contributed by atoms with Gasteiger partial charge >= 0.3 is 0 Å². The average Bonchev–Trinajstić information content (AvgIpc) is 3.33. The van der Waals surface area contributed by atoms with Crippen LogP contribution in [0.15, 0.2) is 53.4 Å². The molecule has 2 aromatic rings. The Morgan fingerprint density at radius 2 is 1.67 bits per heavy atom. The van der Waals surface area contributed by atoms with Crippen LogP contribution < -0.4 is 10.0 Å². The van der Waals surface area contributed by atoms with Crippen molar-refractivity contribution < 1.29 is 13.2 Å². The summed E-state index contributed by atoms with van der Waals surface area (Å²) in [5.41, 5.74) is 1.28. The van der Waals surface area contributed by atoms with Gasteiger partial charge in [-0.15, -0.1) is 0 Å². The molecule has 0 aliphatic heterocycles. The van der Waals surface area contributed by atoms with Crippen LogP contribution >= 0.6 is 11.6 Å². The summed E-state index contributed by atoms with van der Waals surface area (Å²) >= 11 is 5.77. The Morgan fingerprint density at radius 3 is 2.25 bits per heavy atom. The molecule has 1 saturated carbocycles. The Morgan fingerprint density at radius 1 is 1.04 bits per heavy atom. The van der Waals surface area contributed by atoms with Gasteiger partial charge in [-0.1, -0.05) is 23.7 Å². The summed E-state index contributed by atoms with van der Waals surface area (Å²) < 4.78 is 27.1. The number of hydrogen-bond donors (Lipinski definition) is 2. The van der Waals surface area contributed by atoms with Crippen molar-refractivity contribution in [3.8, 4) is 0 Å². The van der Waals surface area contributed by atoms with Gasteiger partial charge in [-0.3, -0.25) is 9.52 Å². The Labute approximate surface area is 146 Å². The number of halogens is 1. The summed E-state index contributed by atoms with van der Waals surface area (Å²) in [5.74, 6) is -0.00741. The maximum Gasteiger partial charge on any atom is 0.261 e. The van der Waals surface area contributed by atoms with Crippen LogP contribution in [0.2, 0.25) is 5.02 Å². The van der Waals surface area contributed by atoms with Gasteiger partial charge in [0.15, 0.2) is 0 Å². The number of rotatable bonds is 6. The maximum absolute atomic E-state index is 12.3. The molecule has 2 N–H and O–H groups in total. The zero-order chi connectivity index (χ0) is 17.2. The maximum atomic E-state index is 12.3. The van der Waals surface area contributed by atoms with E-state index in [2.05, 4.69) is 10.0 Å². The first-order chi connectivity index (χ1) is 11.4. The Hall–Kier alpha value is -2.05. The Bertz CT molecular complexity index is 829. The van der Waals surface area contributed by atoms with Crippen LogP contribution in [-0.4, -0.2) is 20.4 Å². The second-order valence-electron chi connectivity index (χ2n) is 5.77. The lowest BCUT2D eigenvalue weighted by atomic mass is 10.1. The molecule has 0 aromatic heterocycles. The number of carbonyl (C=O) groups excluding carboxylic acids is 1. The van der Waals surface area contributed by atoms with Crippen molar-refractivity contribution in [3.05, 3.63) is 59.1 Å². The van der Waals surface area contributed by atoms with Gasteiger partial charge in [0.25, 0.3) is 10.0 Å². The van der Waals surface area contributed by atoms with Crippen LogP contribution in [0.3, 0.4) is 0 Å². The van der Waals surface area contributed by atoms with Crippen LogP contribution in [0.5, 0.6) is 0 Å². The molecular weight excluding hydrogens is 348 g/mol. The van der Waals surface area contributed by atoms with E-state index in [1.807, 2.05) is 0 Å². The molecular formula is C17H17ClN2O3S. The predicted molar refractivity (Wildman–Crippen MR) is 93.6 cm³/mol. The highest BCUT2D eigenvalue weighted by atomic mass is 35.5. The van der Waals surface area contributed by atoms with Crippen LogP contribution in [0.4, 0.5) is 5.69 Å². The standard InChI is InChI=1S/C17H17ClN2O3S/c18-13-3-9-16(10-4-13)24(22,23)20-15-5-1-12(2-6-15)11-17(21)19-14-7-8-14/h1-6,9-10,14,20H,7-8,11H2,(H,19,21).